The van der Waals surface area contributed by atoms with Crippen molar-refractivity contribution in [1.29, 1.82) is 0 Å². The maximum atomic E-state index is 12.2. The van der Waals surface area contributed by atoms with E-state index < -0.39 is 0 Å². The van der Waals surface area contributed by atoms with Crippen molar-refractivity contribution in [3.8, 4) is 0 Å². The maximum Gasteiger partial charge on any atom is 0.341 e. The molecule has 134 valence electrons. The van der Waals surface area contributed by atoms with Gasteiger partial charge >= 0.3 is 5.97 Å². The number of esters is 1. The van der Waals surface area contributed by atoms with Gasteiger partial charge in [-0.3, -0.25) is 0 Å². The summed E-state index contributed by atoms with van der Waals surface area (Å²) < 4.78 is 5.00. The zero-order valence-electron chi connectivity index (χ0n) is 14.9. The van der Waals surface area contributed by atoms with Gasteiger partial charge in [0.15, 0.2) is 5.11 Å². The number of anilines is 1. The number of carbonyl (C=O) groups is 1. The van der Waals surface area contributed by atoms with Crippen LogP contribution >= 0.6 is 23.6 Å². The second kappa shape index (κ2) is 9.37. The fourth-order valence-corrected chi connectivity index (χ4v) is 4.63. The Morgan fingerprint density at radius 3 is 2.50 bits per heavy atom. The zero-order valence-corrected chi connectivity index (χ0v) is 16.6. The van der Waals surface area contributed by atoms with Crippen molar-refractivity contribution in [3.05, 3.63) is 16.0 Å². The van der Waals surface area contributed by atoms with Crippen LogP contribution in [-0.4, -0.2) is 36.2 Å². The summed E-state index contributed by atoms with van der Waals surface area (Å²) in [6.07, 6.45) is 7.66. The van der Waals surface area contributed by atoms with E-state index in [1.807, 2.05) is 0 Å². The number of nitrogens with one attached hydrogen (secondary N) is 1. The fraction of sp³-hybridized carbons (Fsp3) is 0.667. The number of unbranched alkanes of at least 4 members (excludes halogenated alkanes) is 2. The van der Waals surface area contributed by atoms with E-state index in [-0.39, 0.29) is 5.97 Å². The van der Waals surface area contributed by atoms with E-state index in [9.17, 15) is 4.79 Å². The minimum absolute atomic E-state index is 0.256. The van der Waals surface area contributed by atoms with Crippen molar-refractivity contribution >= 4 is 39.6 Å². The van der Waals surface area contributed by atoms with E-state index in [2.05, 4.69) is 24.1 Å². The van der Waals surface area contributed by atoms with Crippen LogP contribution in [0.3, 0.4) is 0 Å². The summed E-state index contributed by atoms with van der Waals surface area (Å²) in [5.74, 6) is -0.256. The second-order valence-electron chi connectivity index (χ2n) is 6.18. The number of thiocarbonyl (C=S) groups is 1. The summed E-state index contributed by atoms with van der Waals surface area (Å²) in [7, 11) is 1.44. The number of methoxy groups -OCH3 is 1. The number of ether oxygens (including phenoxy) is 1. The van der Waals surface area contributed by atoms with Crippen molar-refractivity contribution in [1.82, 2.24) is 4.90 Å². The van der Waals surface area contributed by atoms with E-state index in [1.165, 1.54) is 12.0 Å². The number of nitrogens with zero attached hydrogens (tertiary/aromatic N) is 1. The van der Waals surface area contributed by atoms with Crippen LogP contribution in [0, 0.1) is 0 Å². The molecule has 0 aromatic carbocycles. The molecule has 0 spiro atoms. The molecule has 0 amide bonds. The molecule has 4 nitrogen and oxygen atoms in total. The second-order valence-corrected chi connectivity index (χ2v) is 7.67. The highest BCUT2D eigenvalue weighted by molar-refractivity contribution is 7.80. The van der Waals surface area contributed by atoms with Crippen molar-refractivity contribution in [2.24, 2.45) is 0 Å². The summed E-state index contributed by atoms with van der Waals surface area (Å²) in [6, 6.07) is 0. The van der Waals surface area contributed by atoms with Gasteiger partial charge in [0, 0.05) is 18.0 Å². The zero-order chi connectivity index (χ0) is 17.5. The Bertz CT molecular complexity index is 576. The van der Waals surface area contributed by atoms with E-state index in [1.54, 1.807) is 11.3 Å². The number of carbonyl (C=O) groups excluding carboxylic acids is 1. The van der Waals surface area contributed by atoms with Crippen LogP contribution in [0.15, 0.2) is 0 Å². The molecule has 1 heterocycles. The number of aryl methyl sites for hydroxylation is 1. The topological polar surface area (TPSA) is 41.6 Å². The first-order valence-electron chi connectivity index (χ1n) is 8.91. The van der Waals surface area contributed by atoms with Gasteiger partial charge in [0.25, 0.3) is 0 Å². The molecule has 1 aliphatic rings. The van der Waals surface area contributed by atoms with Gasteiger partial charge in [0.2, 0.25) is 0 Å². The Balaban J connectivity index is 2.16. The lowest BCUT2D eigenvalue weighted by Gasteiger charge is -2.25. The summed E-state index contributed by atoms with van der Waals surface area (Å²) in [5.41, 5.74) is 1.86. The van der Waals surface area contributed by atoms with E-state index in [0.29, 0.717) is 5.56 Å². The molecule has 1 aromatic rings. The van der Waals surface area contributed by atoms with Crippen LogP contribution in [0.1, 0.15) is 66.8 Å². The predicted molar refractivity (Wildman–Crippen MR) is 105 cm³/mol. The Hall–Kier alpha value is -1.14. The van der Waals surface area contributed by atoms with Gasteiger partial charge in [-0.2, -0.15) is 0 Å². The molecule has 0 bridgehead atoms. The number of hydrogen-bond donors (Lipinski definition) is 1. The highest BCUT2D eigenvalue weighted by Crippen LogP contribution is 2.39. The largest absolute Gasteiger partial charge is 0.465 e. The van der Waals surface area contributed by atoms with Gasteiger partial charge in [-0.15, -0.1) is 11.3 Å². The lowest BCUT2D eigenvalue weighted by molar-refractivity contribution is 0.0601. The van der Waals surface area contributed by atoms with Crippen LogP contribution < -0.4 is 5.32 Å². The lowest BCUT2D eigenvalue weighted by atomic mass is 10.1. The standard InChI is InChI=1S/C18H28N2O2S2/c1-4-6-11-20(12-7-5-2)18(23)19-16-15(17(21)22-3)13-9-8-10-14(13)24-16/h4-12H2,1-3H3,(H,19,23). The molecule has 0 radical (unpaired) electrons. The molecule has 1 N–H and O–H groups in total. The summed E-state index contributed by atoms with van der Waals surface area (Å²) in [6.45, 7) is 6.29. The van der Waals surface area contributed by atoms with Gasteiger partial charge in [0.05, 0.1) is 12.7 Å². The quantitative estimate of drug-likeness (QED) is 0.535. The minimum atomic E-state index is -0.256. The molecule has 0 saturated carbocycles. The molecular weight excluding hydrogens is 340 g/mol. The molecule has 0 unspecified atom stereocenters. The van der Waals surface area contributed by atoms with Crippen molar-refractivity contribution in [2.45, 2.75) is 58.8 Å². The molecule has 24 heavy (non-hydrogen) atoms. The summed E-state index contributed by atoms with van der Waals surface area (Å²) >= 11 is 7.30. The van der Waals surface area contributed by atoms with E-state index in [0.717, 1.165) is 73.7 Å². The van der Waals surface area contributed by atoms with Crippen molar-refractivity contribution in [3.63, 3.8) is 0 Å². The van der Waals surface area contributed by atoms with E-state index in [4.69, 9.17) is 17.0 Å². The third kappa shape index (κ3) is 4.48. The molecule has 0 fully saturated rings. The van der Waals surface area contributed by atoms with Crippen molar-refractivity contribution < 1.29 is 9.53 Å². The Kier molecular flexibility index (Phi) is 7.49. The van der Waals surface area contributed by atoms with E-state index >= 15 is 0 Å². The monoisotopic (exact) mass is 368 g/mol. The van der Waals surface area contributed by atoms with Crippen molar-refractivity contribution in [2.75, 3.05) is 25.5 Å². The molecule has 2 rings (SSSR count). The average Bonchev–Trinajstić information content (AvgIpc) is 3.14. The Morgan fingerprint density at radius 1 is 1.25 bits per heavy atom. The number of hydrogen-bond acceptors (Lipinski definition) is 4. The van der Waals surface area contributed by atoms with Crippen LogP contribution in [-0.2, 0) is 17.6 Å². The van der Waals surface area contributed by atoms with Crippen LogP contribution in [0.2, 0.25) is 0 Å². The van der Waals surface area contributed by atoms with Gasteiger partial charge < -0.3 is 15.0 Å². The SMILES string of the molecule is CCCCN(CCCC)C(=S)Nc1sc2c(c1C(=O)OC)CCC2. The molecule has 0 atom stereocenters. The third-order valence-electron chi connectivity index (χ3n) is 4.38. The maximum absolute atomic E-state index is 12.2. The molecule has 0 saturated heterocycles. The molecule has 6 heteroatoms. The Labute approximate surface area is 154 Å². The normalized spacial score (nSPS) is 12.8. The Morgan fingerprint density at radius 2 is 1.92 bits per heavy atom. The van der Waals surface area contributed by atoms with Gasteiger partial charge in [-0.05, 0) is 49.9 Å². The lowest BCUT2D eigenvalue weighted by Crippen LogP contribution is -2.36. The predicted octanol–water partition coefficient (Wildman–Crippen LogP) is 4.62. The first kappa shape index (κ1) is 19.2. The smallest absolute Gasteiger partial charge is 0.341 e. The van der Waals surface area contributed by atoms with Gasteiger partial charge in [0.1, 0.15) is 5.00 Å². The van der Waals surface area contributed by atoms with Gasteiger partial charge in [-0.1, -0.05) is 26.7 Å². The number of fused-ring (bicyclic) bond motifs is 1. The highest BCUT2D eigenvalue weighted by atomic mass is 32.1. The number of thiophene rings is 1. The highest BCUT2D eigenvalue weighted by Gasteiger charge is 2.28. The summed E-state index contributed by atoms with van der Waals surface area (Å²) in [5, 5.41) is 4.93. The molecular formula is C18H28N2O2S2. The fourth-order valence-electron chi connectivity index (χ4n) is 3.00. The molecule has 1 aliphatic carbocycles. The molecule has 0 aliphatic heterocycles. The summed E-state index contributed by atoms with van der Waals surface area (Å²) in [4.78, 5) is 15.8. The van der Waals surface area contributed by atoms with Crippen LogP contribution in [0.5, 0.6) is 0 Å². The average molecular weight is 369 g/mol. The van der Waals surface area contributed by atoms with Crippen LogP contribution in [0.4, 0.5) is 5.00 Å². The van der Waals surface area contributed by atoms with Crippen LogP contribution in [0.25, 0.3) is 0 Å². The first-order valence-corrected chi connectivity index (χ1v) is 10.1. The first-order chi connectivity index (χ1) is 11.6. The third-order valence-corrected chi connectivity index (χ3v) is 5.95. The number of rotatable bonds is 8. The van der Waals surface area contributed by atoms with Gasteiger partial charge in [-0.25, -0.2) is 4.79 Å². The molecule has 1 aromatic heterocycles. The minimum Gasteiger partial charge on any atom is -0.465 e.